The van der Waals surface area contributed by atoms with Gasteiger partial charge in [0.05, 0.1) is 4.83 Å². The van der Waals surface area contributed by atoms with Gasteiger partial charge < -0.3 is 5.32 Å². The second kappa shape index (κ2) is 9.84. The number of rotatable bonds is 8. The summed E-state index contributed by atoms with van der Waals surface area (Å²) in [5.74, 6) is 1.35. The molecule has 0 aliphatic heterocycles. The van der Waals surface area contributed by atoms with Gasteiger partial charge in [-0.2, -0.15) is 11.8 Å². The fraction of sp³-hybridized carbons (Fsp3) is 0.900. The second-order valence-electron chi connectivity index (χ2n) is 3.22. The minimum absolute atomic E-state index is 0.0197. The zero-order chi connectivity index (χ0) is 10.8. The van der Waals surface area contributed by atoms with Crippen molar-refractivity contribution < 1.29 is 4.79 Å². The minimum Gasteiger partial charge on any atom is -0.355 e. The van der Waals surface area contributed by atoms with Crippen molar-refractivity contribution in [1.82, 2.24) is 5.32 Å². The van der Waals surface area contributed by atoms with Crippen molar-refractivity contribution in [2.24, 2.45) is 0 Å². The fourth-order valence-corrected chi connectivity index (χ4v) is 1.71. The Hall–Kier alpha value is 0.300. The van der Waals surface area contributed by atoms with E-state index in [1.807, 2.05) is 18.7 Å². The van der Waals surface area contributed by atoms with Gasteiger partial charge in [0, 0.05) is 6.54 Å². The molecule has 0 aromatic carbocycles. The molecule has 1 N–H and O–H groups in total. The van der Waals surface area contributed by atoms with E-state index in [0.29, 0.717) is 0 Å². The van der Waals surface area contributed by atoms with Gasteiger partial charge in [0.2, 0.25) is 5.91 Å². The maximum Gasteiger partial charge on any atom is 0.233 e. The van der Waals surface area contributed by atoms with Gasteiger partial charge in [-0.25, -0.2) is 0 Å². The highest BCUT2D eigenvalue weighted by Crippen LogP contribution is 2.04. The smallest absolute Gasteiger partial charge is 0.233 e. The Labute approximate surface area is 99.7 Å². The highest BCUT2D eigenvalue weighted by Gasteiger charge is 2.10. The molecule has 2 nitrogen and oxygen atoms in total. The molecule has 4 heteroatoms. The van der Waals surface area contributed by atoms with Crippen molar-refractivity contribution in [1.29, 1.82) is 0 Å². The van der Waals surface area contributed by atoms with E-state index in [2.05, 4.69) is 27.5 Å². The van der Waals surface area contributed by atoms with E-state index in [1.165, 1.54) is 18.6 Å². The molecule has 0 radical (unpaired) electrons. The summed E-state index contributed by atoms with van der Waals surface area (Å²) >= 11 is 5.20. The molecule has 1 atom stereocenters. The van der Waals surface area contributed by atoms with Crippen molar-refractivity contribution >= 4 is 33.6 Å². The molecule has 0 aromatic heterocycles. The maximum atomic E-state index is 11.3. The van der Waals surface area contributed by atoms with Gasteiger partial charge in [-0.05, 0) is 31.3 Å². The zero-order valence-corrected chi connectivity index (χ0v) is 11.4. The summed E-state index contributed by atoms with van der Waals surface area (Å²) in [7, 11) is 0. The quantitative estimate of drug-likeness (QED) is 0.548. The highest BCUT2D eigenvalue weighted by molar-refractivity contribution is 9.10. The number of thioether (sulfide) groups is 1. The highest BCUT2D eigenvalue weighted by atomic mass is 79.9. The van der Waals surface area contributed by atoms with E-state index < -0.39 is 0 Å². The van der Waals surface area contributed by atoms with Gasteiger partial charge in [0.25, 0.3) is 0 Å². The van der Waals surface area contributed by atoms with Crippen LogP contribution in [0.5, 0.6) is 0 Å². The third-order valence-corrected chi connectivity index (χ3v) is 3.73. The molecule has 0 spiro atoms. The first kappa shape index (κ1) is 14.3. The average molecular weight is 282 g/mol. The Balaban J connectivity index is 3.23. The van der Waals surface area contributed by atoms with Crippen molar-refractivity contribution in [3.8, 4) is 0 Å². The van der Waals surface area contributed by atoms with Crippen LogP contribution in [0.25, 0.3) is 0 Å². The summed E-state index contributed by atoms with van der Waals surface area (Å²) in [6.07, 6.45) is 6.52. The molecule has 1 unspecified atom stereocenters. The normalized spacial score (nSPS) is 12.5. The number of amides is 1. The molecule has 1 amide bonds. The first-order valence-electron chi connectivity index (χ1n) is 5.13. The number of hydrogen-bond acceptors (Lipinski definition) is 2. The van der Waals surface area contributed by atoms with Crippen molar-refractivity contribution in [3.63, 3.8) is 0 Å². The van der Waals surface area contributed by atoms with Crippen LogP contribution < -0.4 is 5.32 Å². The predicted molar refractivity (Wildman–Crippen MR) is 68.2 cm³/mol. The molecule has 0 aliphatic carbocycles. The van der Waals surface area contributed by atoms with Crippen LogP contribution >= 0.6 is 27.7 Å². The summed E-state index contributed by atoms with van der Waals surface area (Å²) in [6.45, 7) is 2.81. The van der Waals surface area contributed by atoms with Crippen LogP contribution in [0.2, 0.25) is 0 Å². The molecule has 0 aliphatic rings. The van der Waals surface area contributed by atoms with Crippen molar-refractivity contribution in [2.45, 2.75) is 37.4 Å². The molecule has 0 fully saturated rings. The van der Waals surface area contributed by atoms with Crippen LogP contribution in [-0.4, -0.2) is 29.3 Å². The molecule has 0 saturated carbocycles. The standard InChI is InChI=1S/C10H20BrNOS/c1-3-9(11)10(13)12-7-5-4-6-8-14-2/h9H,3-8H2,1-2H3,(H,12,13). The predicted octanol–water partition coefficient (Wildman–Crippen LogP) is 2.81. The lowest BCUT2D eigenvalue weighted by Crippen LogP contribution is -2.31. The van der Waals surface area contributed by atoms with Gasteiger partial charge in [-0.15, -0.1) is 0 Å². The van der Waals surface area contributed by atoms with Gasteiger partial charge in [0.15, 0.2) is 0 Å². The molecule has 14 heavy (non-hydrogen) atoms. The zero-order valence-electron chi connectivity index (χ0n) is 9.01. The molecule has 0 bridgehead atoms. The number of alkyl halides is 1. The Kier molecular flexibility index (Phi) is 10.1. The van der Waals surface area contributed by atoms with Crippen molar-refractivity contribution in [3.05, 3.63) is 0 Å². The van der Waals surface area contributed by atoms with E-state index in [0.717, 1.165) is 19.4 Å². The summed E-state index contributed by atoms with van der Waals surface area (Å²) in [5.41, 5.74) is 0. The monoisotopic (exact) mass is 281 g/mol. The van der Waals surface area contributed by atoms with Crippen LogP contribution in [-0.2, 0) is 4.79 Å². The Morgan fingerprint density at radius 1 is 1.43 bits per heavy atom. The van der Waals surface area contributed by atoms with Crippen LogP contribution in [0.15, 0.2) is 0 Å². The molecule has 0 aromatic rings. The van der Waals surface area contributed by atoms with E-state index in [9.17, 15) is 4.79 Å². The first-order valence-corrected chi connectivity index (χ1v) is 7.44. The third-order valence-electron chi connectivity index (χ3n) is 1.97. The second-order valence-corrected chi connectivity index (χ2v) is 5.31. The third kappa shape index (κ3) is 7.68. The molecule has 84 valence electrons. The van der Waals surface area contributed by atoms with Crippen LogP contribution in [0.4, 0.5) is 0 Å². The van der Waals surface area contributed by atoms with Gasteiger partial charge in [-0.1, -0.05) is 29.3 Å². The fourth-order valence-electron chi connectivity index (χ4n) is 1.06. The lowest BCUT2D eigenvalue weighted by atomic mass is 10.2. The first-order chi connectivity index (χ1) is 6.72. The maximum absolute atomic E-state index is 11.3. The Morgan fingerprint density at radius 3 is 2.71 bits per heavy atom. The molecular formula is C10H20BrNOS. The van der Waals surface area contributed by atoms with Crippen LogP contribution in [0.3, 0.4) is 0 Å². The summed E-state index contributed by atoms with van der Waals surface area (Å²) < 4.78 is 0. The molecule has 0 heterocycles. The number of nitrogens with one attached hydrogen (secondary N) is 1. The largest absolute Gasteiger partial charge is 0.355 e. The van der Waals surface area contributed by atoms with Crippen molar-refractivity contribution in [2.75, 3.05) is 18.6 Å². The SMILES string of the molecule is CCC(Br)C(=O)NCCCCCSC. The summed E-state index contributed by atoms with van der Waals surface area (Å²) in [5, 5.41) is 2.92. The topological polar surface area (TPSA) is 29.1 Å². The number of hydrogen-bond donors (Lipinski definition) is 1. The van der Waals surface area contributed by atoms with Gasteiger partial charge in [-0.3, -0.25) is 4.79 Å². The lowest BCUT2D eigenvalue weighted by Gasteiger charge is -2.08. The Morgan fingerprint density at radius 2 is 2.14 bits per heavy atom. The number of carbonyl (C=O) groups excluding carboxylic acids is 1. The Bertz CT molecular complexity index is 155. The minimum atomic E-state index is -0.0197. The lowest BCUT2D eigenvalue weighted by molar-refractivity contribution is -0.120. The van der Waals surface area contributed by atoms with Gasteiger partial charge in [0.1, 0.15) is 0 Å². The van der Waals surface area contributed by atoms with E-state index in [4.69, 9.17) is 0 Å². The molecule has 0 saturated heterocycles. The number of carbonyl (C=O) groups is 1. The van der Waals surface area contributed by atoms with Crippen LogP contribution in [0, 0.1) is 0 Å². The number of halogens is 1. The molecule has 0 rings (SSSR count). The van der Waals surface area contributed by atoms with E-state index >= 15 is 0 Å². The summed E-state index contributed by atoms with van der Waals surface area (Å²) in [6, 6.07) is 0. The van der Waals surface area contributed by atoms with E-state index in [-0.39, 0.29) is 10.7 Å². The van der Waals surface area contributed by atoms with E-state index in [1.54, 1.807) is 0 Å². The van der Waals surface area contributed by atoms with Crippen LogP contribution in [0.1, 0.15) is 32.6 Å². The van der Waals surface area contributed by atoms with Gasteiger partial charge >= 0.3 is 0 Å². The number of unbranched alkanes of at least 4 members (excludes halogenated alkanes) is 2. The molecular weight excluding hydrogens is 262 g/mol. The average Bonchev–Trinajstić information content (AvgIpc) is 2.21. The summed E-state index contributed by atoms with van der Waals surface area (Å²) in [4.78, 5) is 11.3.